The van der Waals surface area contributed by atoms with Gasteiger partial charge in [-0.1, -0.05) is 0 Å². The SMILES string of the molecule is O=S(=O)(Cl)N1C[C@@H](F)[C@@H](F)C1. The van der Waals surface area contributed by atoms with E-state index in [9.17, 15) is 17.2 Å². The fourth-order valence-electron chi connectivity index (χ4n) is 0.870. The van der Waals surface area contributed by atoms with E-state index in [1.165, 1.54) is 0 Å². The van der Waals surface area contributed by atoms with E-state index in [1.807, 2.05) is 0 Å². The zero-order chi connectivity index (χ0) is 8.65. The second-order valence-corrected chi connectivity index (χ2v) is 4.80. The van der Waals surface area contributed by atoms with Gasteiger partial charge in [-0.3, -0.25) is 0 Å². The van der Waals surface area contributed by atoms with Crippen LogP contribution in [0, 0.1) is 0 Å². The number of alkyl halides is 2. The number of nitrogens with zero attached hydrogens (tertiary/aromatic N) is 1. The predicted molar refractivity (Wildman–Crippen MR) is 36.1 cm³/mol. The van der Waals surface area contributed by atoms with Gasteiger partial charge in [-0.05, 0) is 0 Å². The highest BCUT2D eigenvalue weighted by molar-refractivity contribution is 8.11. The van der Waals surface area contributed by atoms with Crippen LogP contribution in [0.15, 0.2) is 0 Å². The van der Waals surface area contributed by atoms with Gasteiger partial charge in [-0.2, -0.15) is 12.7 Å². The third kappa shape index (κ3) is 2.00. The largest absolute Gasteiger partial charge is 0.299 e. The van der Waals surface area contributed by atoms with Crippen molar-refractivity contribution in [2.45, 2.75) is 12.3 Å². The smallest absolute Gasteiger partial charge is 0.243 e. The van der Waals surface area contributed by atoms with Crippen molar-refractivity contribution in [3.8, 4) is 0 Å². The quantitative estimate of drug-likeness (QED) is 0.584. The van der Waals surface area contributed by atoms with E-state index in [-0.39, 0.29) is 0 Å². The lowest BCUT2D eigenvalue weighted by molar-refractivity contribution is 0.217. The third-order valence-corrected chi connectivity index (χ3v) is 2.96. The maximum atomic E-state index is 12.4. The van der Waals surface area contributed by atoms with Crippen LogP contribution in [0.25, 0.3) is 0 Å². The fourth-order valence-corrected chi connectivity index (χ4v) is 1.85. The first-order chi connectivity index (χ1) is 4.91. The molecule has 1 aliphatic rings. The van der Waals surface area contributed by atoms with Crippen LogP contribution in [0.5, 0.6) is 0 Å². The lowest BCUT2D eigenvalue weighted by Gasteiger charge is -2.07. The van der Waals surface area contributed by atoms with Crippen LogP contribution in [0.2, 0.25) is 0 Å². The second kappa shape index (κ2) is 2.84. The van der Waals surface area contributed by atoms with Crippen molar-refractivity contribution in [1.29, 1.82) is 0 Å². The molecule has 1 heterocycles. The van der Waals surface area contributed by atoms with Crippen molar-refractivity contribution in [3.63, 3.8) is 0 Å². The van der Waals surface area contributed by atoms with Crippen molar-refractivity contribution in [3.05, 3.63) is 0 Å². The maximum absolute atomic E-state index is 12.4. The summed E-state index contributed by atoms with van der Waals surface area (Å²) in [5.41, 5.74) is 0. The second-order valence-electron chi connectivity index (χ2n) is 2.29. The Morgan fingerprint density at radius 3 is 1.82 bits per heavy atom. The molecule has 0 saturated carbocycles. The van der Waals surface area contributed by atoms with E-state index < -0.39 is 34.7 Å². The molecule has 0 aromatic carbocycles. The summed E-state index contributed by atoms with van der Waals surface area (Å²) >= 11 is 0. The third-order valence-electron chi connectivity index (χ3n) is 1.46. The molecular weight excluding hydrogens is 200 g/mol. The molecule has 2 atom stereocenters. The van der Waals surface area contributed by atoms with Gasteiger partial charge in [0.15, 0.2) is 0 Å². The number of rotatable bonds is 1. The van der Waals surface area contributed by atoms with Gasteiger partial charge in [0, 0.05) is 23.8 Å². The predicted octanol–water partition coefficient (Wildman–Crippen LogP) is 0.462. The Morgan fingerprint density at radius 1 is 1.27 bits per heavy atom. The zero-order valence-electron chi connectivity index (χ0n) is 5.37. The molecule has 1 saturated heterocycles. The van der Waals surface area contributed by atoms with Crippen molar-refractivity contribution >= 4 is 19.9 Å². The minimum Gasteiger partial charge on any atom is -0.243 e. The minimum atomic E-state index is -3.94. The highest BCUT2D eigenvalue weighted by Gasteiger charge is 2.38. The summed E-state index contributed by atoms with van der Waals surface area (Å²) < 4.78 is 46.3. The molecule has 3 nitrogen and oxygen atoms in total. The van der Waals surface area contributed by atoms with Gasteiger partial charge in [0.1, 0.15) is 12.3 Å². The number of hydrogen-bond donors (Lipinski definition) is 0. The average Bonchev–Trinajstić information content (AvgIpc) is 2.11. The van der Waals surface area contributed by atoms with Crippen LogP contribution in [-0.4, -0.2) is 38.2 Å². The van der Waals surface area contributed by atoms with E-state index in [0.29, 0.717) is 4.31 Å². The molecule has 0 unspecified atom stereocenters. The topological polar surface area (TPSA) is 37.4 Å². The number of halogens is 3. The summed E-state index contributed by atoms with van der Waals surface area (Å²) in [6.07, 6.45) is -3.49. The van der Waals surface area contributed by atoms with E-state index in [2.05, 4.69) is 0 Å². The first-order valence-corrected chi connectivity index (χ1v) is 5.16. The van der Waals surface area contributed by atoms with E-state index in [1.54, 1.807) is 0 Å². The molecule has 0 aliphatic carbocycles. The van der Waals surface area contributed by atoms with Crippen LogP contribution in [0.3, 0.4) is 0 Å². The molecule has 0 aromatic rings. The van der Waals surface area contributed by atoms with Gasteiger partial charge in [0.2, 0.25) is 0 Å². The molecule has 0 N–H and O–H groups in total. The zero-order valence-corrected chi connectivity index (χ0v) is 6.95. The summed E-state index contributed by atoms with van der Waals surface area (Å²) in [7, 11) is 0.892. The number of hydrogen-bond acceptors (Lipinski definition) is 2. The van der Waals surface area contributed by atoms with E-state index >= 15 is 0 Å². The summed E-state index contributed by atoms with van der Waals surface area (Å²) in [6, 6.07) is 0. The van der Waals surface area contributed by atoms with Gasteiger partial charge in [-0.25, -0.2) is 8.78 Å². The molecule has 11 heavy (non-hydrogen) atoms. The van der Waals surface area contributed by atoms with Crippen LogP contribution in [-0.2, 0) is 9.24 Å². The molecular formula is C4H6ClF2NO2S. The average molecular weight is 206 g/mol. The highest BCUT2D eigenvalue weighted by atomic mass is 35.7. The molecule has 0 spiro atoms. The molecule has 0 bridgehead atoms. The van der Waals surface area contributed by atoms with Gasteiger partial charge < -0.3 is 0 Å². The van der Waals surface area contributed by atoms with E-state index in [0.717, 1.165) is 0 Å². The van der Waals surface area contributed by atoms with Gasteiger partial charge in [0.25, 0.3) is 9.24 Å². The molecule has 0 aromatic heterocycles. The fraction of sp³-hybridized carbons (Fsp3) is 1.00. The van der Waals surface area contributed by atoms with E-state index in [4.69, 9.17) is 10.7 Å². The lowest BCUT2D eigenvalue weighted by Crippen LogP contribution is -2.24. The molecule has 1 aliphatic heterocycles. The van der Waals surface area contributed by atoms with Crippen LogP contribution in [0.1, 0.15) is 0 Å². The van der Waals surface area contributed by atoms with Crippen molar-refractivity contribution in [1.82, 2.24) is 4.31 Å². The molecule has 1 rings (SSSR count). The highest BCUT2D eigenvalue weighted by Crippen LogP contribution is 2.21. The summed E-state index contributed by atoms with van der Waals surface area (Å²) in [5, 5.41) is 0. The summed E-state index contributed by atoms with van der Waals surface area (Å²) in [6.45, 7) is -0.958. The molecule has 7 heteroatoms. The monoisotopic (exact) mass is 205 g/mol. The van der Waals surface area contributed by atoms with Gasteiger partial charge in [-0.15, -0.1) is 0 Å². The van der Waals surface area contributed by atoms with Gasteiger partial charge in [0.05, 0.1) is 0 Å². The Morgan fingerprint density at radius 2 is 1.64 bits per heavy atom. The first kappa shape index (κ1) is 9.15. The maximum Gasteiger partial charge on any atom is 0.299 e. The van der Waals surface area contributed by atoms with Crippen molar-refractivity contribution < 1.29 is 17.2 Å². The normalized spacial score (nSPS) is 34.5. The van der Waals surface area contributed by atoms with Crippen LogP contribution >= 0.6 is 10.7 Å². The summed E-state index contributed by atoms with van der Waals surface area (Å²) in [4.78, 5) is 0. The lowest BCUT2D eigenvalue weighted by atomic mass is 10.3. The van der Waals surface area contributed by atoms with Crippen LogP contribution in [0.4, 0.5) is 8.78 Å². The molecule has 0 radical (unpaired) electrons. The minimum absolute atomic E-state index is 0.479. The van der Waals surface area contributed by atoms with Crippen LogP contribution < -0.4 is 0 Å². The molecule has 0 amide bonds. The van der Waals surface area contributed by atoms with Crippen molar-refractivity contribution in [2.75, 3.05) is 13.1 Å². The Bertz CT molecular complexity index is 234. The molecule has 1 fully saturated rings. The Hall–Kier alpha value is 0.0600. The Labute approximate surface area is 67.5 Å². The standard InChI is InChI=1S/C4H6ClF2NO2S/c5-11(9,10)8-1-3(6)4(7)2-8/h3-4H,1-2H2/t3-,4+. The first-order valence-electron chi connectivity index (χ1n) is 2.89. The Balaban J connectivity index is 2.69. The van der Waals surface area contributed by atoms with Gasteiger partial charge >= 0.3 is 0 Å². The molecule has 66 valence electrons. The Kier molecular flexibility index (Phi) is 2.36. The van der Waals surface area contributed by atoms with Crippen molar-refractivity contribution in [2.24, 2.45) is 0 Å². The summed E-state index contributed by atoms with van der Waals surface area (Å²) in [5.74, 6) is 0.